The first-order chi connectivity index (χ1) is 13.8. The van der Waals surface area contributed by atoms with E-state index in [1.807, 2.05) is 13.8 Å². The van der Waals surface area contributed by atoms with Gasteiger partial charge in [-0.15, -0.1) is 0 Å². The SMILES string of the molecule is CC(C)Oc1cc(OCc2ccc(C3CCCC3)c(C(F)(F)F)c2)ccc1C=O. The number of alkyl halides is 3. The third-order valence-corrected chi connectivity index (χ3v) is 5.10. The number of ether oxygens (including phenoxy) is 2. The van der Waals surface area contributed by atoms with E-state index in [4.69, 9.17) is 9.47 Å². The van der Waals surface area contributed by atoms with Crippen molar-refractivity contribution in [3.63, 3.8) is 0 Å². The molecule has 0 aliphatic heterocycles. The van der Waals surface area contributed by atoms with Crippen molar-refractivity contribution in [2.45, 2.75) is 64.3 Å². The van der Waals surface area contributed by atoms with Gasteiger partial charge in [-0.25, -0.2) is 0 Å². The molecule has 0 amide bonds. The van der Waals surface area contributed by atoms with Gasteiger partial charge in [0.25, 0.3) is 0 Å². The van der Waals surface area contributed by atoms with Crippen molar-refractivity contribution >= 4 is 6.29 Å². The summed E-state index contributed by atoms with van der Waals surface area (Å²) >= 11 is 0. The third-order valence-electron chi connectivity index (χ3n) is 5.10. The zero-order valence-corrected chi connectivity index (χ0v) is 16.6. The van der Waals surface area contributed by atoms with Crippen molar-refractivity contribution in [2.24, 2.45) is 0 Å². The molecule has 0 atom stereocenters. The standard InChI is InChI=1S/C23H25F3O3/c1-15(2)29-22-12-19(9-8-18(22)13-27)28-14-16-7-10-20(17-5-3-4-6-17)21(11-16)23(24,25)26/h7-13,15,17H,3-6,14H2,1-2H3. The number of hydrogen-bond donors (Lipinski definition) is 0. The fraction of sp³-hybridized carbons (Fsp3) is 0.435. The minimum absolute atomic E-state index is 0.00438. The molecule has 0 heterocycles. The van der Waals surface area contributed by atoms with Crippen molar-refractivity contribution < 1.29 is 27.4 Å². The Morgan fingerprint density at radius 3 is 2.45 bits per heavy atom. The van der Waals surface area contributed by atoms with Crippen LogP contribution in [0, 0.1) is 0 Å². The van der Waals surface area contributed by atoms with Crippen molar-refractivity contribution in [1.82, 2.24) is 0 Å². The highest BCUT2D eigenvalue weighted by atomic mass is 19.4. The summed E-state index contributed by atoms with van der Waals surface area (Å²) in [5.41, 5.74) is 0.670. The zero-order chi connectivity index (χ0) is 21.0. The molecule has 1 saturated carbocycles. The fourth-order valence-electron chi connectivity index (χ4n) is 3.76. The Morgan fingerprint density at radius 2 is 1.83 bits per heavy atom. The van der Waals surface area contributed by atoms with E-state index in [0.29, 0.717) is 34.5 Å². The van der Waals surface area contributed by atoms with E-state index in [9.17, 15) is 18.0 Å². The second-order valence-electron chi connectivity index (χ2n) is 7.67. The first kappa shape index (κ1) is 21.2. The number of carbonyl (C=O) groups is 1. The van der Waals surface area contributed by atoms with E-state index in [0.717, 1.165) is 25.7 Å². The second kappa shape index (κ2) is 8.89. The average Bonchev–Trinajstić information content (AvgIpc) is 3.20. The van der Waals surface area contributed by atoms with Crippen LogP contribution in [0.3, 0.4) is 0 Å². The summed E-state index contributed by atoms with van der Waals surface area (Å²) in [6, 6.07) is 9.26. The molecule has 0 aromatic heterocycles. The summed E-state index contributed by atoms with van der Waals surface area (Å²) in [4.78, 5) is 11.1. The lowest BCUT2D eigenvalue weighted by Gasteiger charge is -2.19. The predicted octanol–water partition coefficient (Wildman–Crippen LogP) is 6.54. The molecule has 0 saturated heterocycles. The Morgan fingerprint density at radius 1 is 1.10 bits per heavy atom. The fourth-order valence-corrected chi connectivity index (χ4v) is 3.76. The maximum atomic E-state index is 13.6. The Hall–Kier alpha value is -2.50. The van der Waals surface area contributed by atoms with Crippen LogP contribution in [0.5, 0.6) is 11.5 Å². The van der Waals surface area contributed by atoms with Crippen LogP contribution in [-0.4, -0.2) is 12.4 Å². The zero-order valence-electron chi connectivity index (χ0n) is 16.6. The highest BCUT2D eigenvalue weighted by molar-refractivity contribution is 5.79. The van der Waals surface area contributed by atoms with E-state index >= 15 is 0 Å². The molecular formula is C23H25F3O3. The van der Waals surface area contributed by atoms with Crippen LogP contribution >= 0.6 is 0 Å². The molecule has 2 aromatic rings. The highest BCUT2D eigenvalue weighted by Gasteiger charge is 2.36. The molecule has 3 rings (SSSR count). The molecule has 1 fully saturated rings. The van der Waals surface area contributed by atoms with Gasteiger partial charge in [-0.3, -0.25) is 4.79 Å². The number of halogens is 3. The Balaban J connectivity index is 1.79. The van der Waals surface area contributed by atoms with Gasteiger partial charge in [0.05, 0.1) is 17.2 Å². The van der Waals surface area contributed by atoms with Crippen LogP contribution in [-0.2, 0) is 12.8 Å². The molecule has 0 spiro atoms. The van der Waals surface area contributed by atoms with Crippen LogP contribution in [0.1, 0.15) is 72.5 Å². The minimum atomic E-state index is -4.39. The Kier molecular flexibility index (Phi) is 6.50. The van der Waals surface area contributed by atoms with Gasteiger partial charge in [0.2, 0.25) is 0 Å². The van der Waals surface area contributed by atoms with E-state index in [-0.39, 0.29) is 18.6 Å². The maximum Gasteiger partial charge on any atom is 0.416 e. The lowest BCUT2D eigenvalue weighted by molar-refractivity contribution is -0.138. The summed E-state index contributed by atoms with van der Waals surface area (Å²) in [6.07, 6.45) is -0.256. The maximum absolute atomic E-state index is 13.6. The summed E-state index contributed by atoms with van der Waals surface area (Å²) in [7, 11) is 0. The number of rotatable bonds is 7. The third kappa shape index (κ3) is 5.31. The quantitative estimate of drug-likeness (QED) is 0.490. The number of carbonyl (C=O) groups excluding carboxylic acids is 1. The van der Waals surface area contributed by atoms with Gasteiger partial charge >= 0.3 is 6.18 Å². The molecule has 0 unspecified atom stereocenters. The summed E-state index contributed by atoms with van der Waals surface area (Å²) in [6.45, 7) is 3.68. The molecule has 29 heavy (non-hydrogen) atoms. The van der Waals surface area contributed by atoms with Crippen molar-refractivity contribution in [2.75, 3.05) is 0 Å². The monoisotopic (exact) mass is 406 g/mol. The van der Waals surface area contributed by atoms with Gasteiger partial charge in [-0.05, 0) is 61.9 Å². The largest absolute Gasteiger partial charge is 0.490 e. The van der Waals surface area contributed by atoms with Crippen molar-refractivity contribution in [3.05, 3.63) is 58.7 Å². The van der Waals surface area contributed by atoms with Crippen LogP contribution in [0.2, 0.25) is 0 Å². The molecule has 3 nitrogen and oxygen atoms in total. The summed E-state index contributed by atoms with van der Waals surface area (Å²) in [5.74, 6) is 0.799. The van der Waals surface area contributed by atoms with Gasteiger partial charge < -0.3 is 9.47 Å². The van der Waals surface area contributed by atoms with Gasteiger partial charge in [-0.1, -0.05) is 25.0 Å². The lowest BCUT2D eigenvalue weighted by Crippen LogP contribution is -2.12. The van der Waals surface area contributed by atoms with Crippen LogP contribution in [0.15, 0.2) is 36.4 Å². The smallest absolute Gasteiger partial charge is 0.416 e. The van der Waals surface area contributed by atoms with Gasteiger partial charge in [0, 0.05) is 6.07 Å². The normalized spacial score (nSPS) is 15.0. The number of benzene rings is 2. The molecule has 0 bridgehead atoms. The summed E-state index contributed by atoms with van der Waals surface area (Å²) < 4.78 is 52.1. The first-order valence-electron chi connectivity index (χ1n) is 9.86. The first-order valence-corrected chi connectivity index (χ1v) is 9.86. The van der Waals surface area contributed by atoms with E-state index in [1.165, 1.54) is 6.07 Å². The van der Waals surface area contributed by atoms with E-state index in [1.54, 1.807) is 30.3 Å². The number of hydrogen-bond acceptors (Lipinski definition) is 3. The van der Waals surface area contributed by atoms with E-state index in [2.05, 4.69) is 0 Å². The molecular weight excluding hydrogens is 381 g/mol. The molecule has 1 aliphatic carbocycles. The van der Waals surface area contributed by atoms with Crippen LogP contribution in [0.25, 0.3) is 0 Å². The van der Waals surface area contributed by atoms with Crippen LogP contribution < -0.4 is 9.47 Å². The molecule has 0 radical (unpaired) electrons. The van der Waals surface area contributed by atoms with Crippen molar-refractivity contribution in [1.29, 1.82) is 0 Å². The topological polar surface area (TPSA) is 35.5 Å². The Bertz CT molecular complexity index is 853. The molecule has 1 aliphatic rings. The van der Waals surface area contributed by atoms with Gasteiger partial charge in [0.1, 0.15) is 18.1 Å². The molecule has 0 N–H and O–H groups in total. The number of aldehydes is 1. The average molecular weight is 406 g/mol. The second-order valence-corrected chi connectivity index (χ2v) is 7.67. The predicted molar refractivity (Wildman–Crippen MR) is 105 cm³/mol. The molecule has 156 valence electrons. The van der Waals surface area contributed by atoms with Gasteiger partial charge in [0.15, 0.2) is 6.29 Å². The van der Waals surface area contributed by atoms with Crippen LogP contribution in [0.4, 0.5) is 13.2 Å². The van der Waals surface area contributed by atoms with Gasteiger partial charge in [-0.2, -0.15) is 13.2 Å². The molecule has 2 aromatic carbocycles. The minimum Gasteiger partial charge on any atom is -0.490 e. The Labute approximate surface area is 168 Å². The van der Waals surface area contributed by atoms with E-state index < -0.39 is 11.7 Å². The summed E-state index contributed by atoms with van der Waals surface area (Å²) in [5, 5.41) is 0. The highest BCUT2D eigenvalue weighted by Crippen LogP contribution is 2.42. The van der Waals surface area contributed by atoms with Crippen molar-refractivity contribution in [3.8, 4) is 11.5 Å². The molecule has 6 heteroatoms. The lowest BCUT2D eigenvalue weighted by atomic mass is 9.91.